The summed E-state index contributed by atoms with van der Waals surface area (Å²) < 4.78 is 0. The number of hydrogen-bond donors (Lipinski definition) is 2. The Bertz CT molecular complexity index is 431. The molecule has 5 nitrogen and oxygen atoms in total. The van der Waals surface area contributed by atoms with Crippen LogP contribution in [0.15, 0.2) is 18.5 Å². The van der Waals surface area contributed by atoms with Gasteiger partial charge in [-0.15, -0.1) is 0 Å². The van der Waals surface area contributed by atoms with Gasteiger partial charge in [0, 0.05) is 12.6 Å². The van der Waals surface area contributed by atoms with Gasteiger partial charge in [-0.05, 0) is 6.07 Å². The normalized spacial score (nSPS) is 10.6. The molecule has 72 valence electrons. The number of rotatable bonds is 3. The Morgan fingerprint density at radius 3 is 3.14 bits per heavy atom. The molecule has 0 aliphatic rings. The molecule has 2 aromatic heterocycles. The Labute approximate surface area is 79.8 Å². The number of carbonyl (C=O) groups excluding carboxylic acids is 1. The van der Waals surface area contributed by atoms with Gasteiger partial charge in [0.1, 0.15) is 5.52 Å². The number of fused-ring (bicyclic) bond motifs is 1. The van der Waals surface area contributed by atoms with Crippen molar-refractivity contribution < 1.29 is 9.90 Å². The SMILES string of the molecule is O=C(CCO)c1nc2cnccc2[nH]1. The van der Waals surface area contributed by atoms with Gasteiger partial charge in [0.25, 0.3) is 0 Å². The molecule has 0 aliphatic heterocycles. The number of Topliss-reactive ketones (excluding diaryl/α,β-unsaturated/α-hetero) is 1. The third-order valence-corrected chi connectivity index (χ3v) is 1.89. The van der Waals surface area contributed by atoms with Crippen molar-refractivity contribution in [3.8, 4) is 0 Å². The zero-order valence-corrected chi connectivity index (χ0v) is 7.40. The average molecular weight is 191 g/mol. The zero-order valence-electron chi connectivity index (χ0n) is 7.40. The lowest BCUT2D eigenvalue weighted by Gasteiger charge is -1.90. The third-order valence-electron chi connectivity index (χ3n) is 1.89. The Morgan fingerprint density at radius 2 is 2.43 bits per heavy atom. The van der Waals surface area contributed by atoms with Crippen molar-refractivity contribution in [1.29, 1.82) is 0 Å². The molecule has 14 heavy (non-hydrogen) atoms. The fourth-order valence-electron chi connectivity index (χ4n) is 1.21. The van der Waals surface area contributed by atoms with Crippen LogP contribution in [0, 0.1) is 0 Å². The minimum atomic E-state index is -0.191. The van der Waals surface area contributed by atoms with Crippen LogP contribution in [0.3, 0.4) is 0 Å². The molecule has 0 amide bonds. The number of carbonyl (C=O) groups is 1. The van der Waals surface area contributed by atoms with Gasteiger partial charge in [-0.3, -0.25) is 9.78 Å². The lowest BCUT2D eigenvalue weighted by atomic mass is 10.3. The summed E-state index contributed by atoms with van der Waals surface area (Å²) in [5.74, 6) is 0.0887. The number of H-pyrrole nitrogens is 1. The maximum atomic E-state index is 11.3. The number of aromatic nitrogens is 3. The van der Waals surface area contributed by atoms with Crippen molar-refractivity contribution in [2.75, 3.05) is 6.61 Å². The minimum absolute atomic E-state index is 0.0905. The van der Waals surface area contributed by atoms with Crippen molar-refractivity contribution in [2.24, 2.45) is 0 Å². The number of aliphatic hydroxyl groups excluding tert-OH is 1. The van der Waals surface area contributed by atoms with Gasteiger partial charge in [-0.1, -0.05) is 0 Å². The molecular formula is C9H9N3O2. The number of ketones is 1. The smallest absolute Gasteiger partial charge is 0.200 e. The second-order valence-corrected chi connectivity index (χ2v) is 2.88. The monoisotopic (exact) mass is 191 g/mol. The van der Waals surface area contributed by atoms with Gasteiger partial charge in [0.05, 0.1) is 18.3 Å². The van der Waals surface area contributed by atoms with Gasteiger partial charge in [-0.2, -0.15) is 0 Å². The zero-order chi connectivity index (χ0) is 9.97. The molecule has 2 N–H and O–H groups in total. The van der Waals surface area contributed by atoms with E-state index in [2.05, 4.69) is 15.0 Å². The maximum absolute atomic E-state index is 11.3. The first-order valence-corrected chi connectivity index (χ1v) is 4.25. The highest BCUT2D eigenvalue weighted by Crippen LogP contribution is 2.09. The first kappa shape index (κ1) is 8.83. The number of nitrogens with one attached hydrogen (secondary N) is 1. The topological polar surface area (TPSA) is 78.9 Å². The second kappa shape index (κ2) is 3.55. The summed E-state index contributed by atoms with van der Waals surface area (Å²) in [6.45, 7) is -0.159. The van der Waals surface area contributed by atoms with Crippen LogP contribution >= 0.6 is 0 Å². The summed E-state index contributed by atoms with van der Waals surface area (Å²) >= 11 is 0. The molecule has 0 saturated heterocycles. The summed E-state index contributed by atoms with van der Waals surface area (Å²) in [4.78, 5) is 22.1. The molecule has 0 radical (unpaired) electrons. The summed E-state index contributed by atoms with van der Waals surface area (Å²) in [7, 11) is 0. The van der Waals surface area contributed by atoms with Crippen molar-refractivity contribution in [3.05, 3.63) is 24.3 Å². The largest absolute Gasteiger partial charge is 0.396 e. The maximum Gasteiger partial charge on any atom is 0.200 e. The molecule has 5 heteroatoms. The highest BCUT2D eigenvalue weighted by atomic mass is 16.3. The Hall–Kier alpha value is -1.75. The van der Waals surface area contributed by atoms with Crippen LogP contribution in [0.5, 0.6) is 0 Å². The average Bonchev–Trinajstić information content (AvgIpc) is 2.61. The molecule has 0 aliphatic carbocycles. The summed E-state index contributed by atoms with van der Waals surface area (Å²) in [5, 5.41) is 8.60. The Balaban J connectivity index is 2.40. The van der Waals surface area contributed by atoms with Crippen molar-refractivity contribution >= 4 is 16.8 Å². The van der Waals surface area contributed by atoms with Crippen molar-refractivity contribution in [3.63, 3.8) is 0 Å². The molecule has 0 aromatic carbocycles. The first-order chi connectivity index (χ1) is 6.81. The van der Waals surface area contributed by atoms with Crippen LogP contribution in [-0.4, -0.2) is 32.4 Å². The molecular weight excluding hydrogens is 182 g/mol. The fourth-order valence-corrected chi connectivity index (χ4v) is 1.21. The molecule has 0 atom stereocenters. The highest BCUT2D eigenvalue weighted by molar-refractivity contribution is 5.95. The quantitative estimate of drug-likeness (QED) is 0.693. The van der Waals surface area contributed by atoms with E-state index in [1.54, 1.807) is 18.5 Å². The molecule has 0 unspecified atom stereocenters. The van der Waals surface area contributed by atoms with Crippen LogP contribution < -0.4 is 0 Å². The van der Waals surface area contributed by atoms with Crippen molar-refractivity contribution in [1.82, 2.24) is 15.0 Å². The van der Waals surface area contributed by atoms with E-state index < -0.39 is 0 Å². The predicted molar refractivity (Wildman–Crippen MR) is 49.9 cm³/mol. The second-order valence-electron chi connectivity index (χ2n) is 2.88. The van der Waals surface area contributed by atoms with E-state index in [1.807, 2.05) is 0 Å². The Kier molecular flexibility index (Phi) is 2.24. The first-order valence-electron chi connectivity index (χ1n) is 4.25. The van der Waals surface area contributed by atoms with E-state index in [-0.39, 0.29) is 24.6 Å². The van der Waals surface area contributed by atoms with Crippen LogP contribution in [0.4, 0.5) is 0 Å². The van der Waals surface area contributed by atoms with Crippen molar-refractivity contribution in [2.45, 2.75) is 6.42 Å². The number of pyridine rings is 1. The van der Waals surface area contributed by atoms with E-state index in [9.17, 15) is 4.79 Å². The lowest BCUT2D eigenvalue weighted by molar-refractivity contribution is 0.0948. The van der Waals surface area contributed by atoms with E-state index in [0.717, 1.165) is 5.52 Å². The lowest BCUT2D eigenvalue weighted by Crippen LogP contribution is -2.03. The summed E-state index contributed by atoms with van der Waals surface area (Å²) in [6, 6.07) is 1.75. The number of imidazole rings is 1. The van der Waals surface area contributed by atoms with E-state index in [4.69, 9.17) is 5.11 Å². The number of nitrogens with zero attached hydrogens (tertiary/aromatic N) is 2. The van der Waals surface area contributed by atoms with Crippen LogP contribution in [0.1, 0.15) is 17.0 Å². The predicted octanol–water partition coefficient (Wildman–Crippen LogP) is 0.523. The van der Waals surface area contributed by atoms with Gasteiger partial charge >= 0.3 is 0 Å². The summed E-state index contributed by atoms with van der Waals surface area (Å²) in [5.41, 5.74) is 1.44. The third kappa shape index (κ3) is 1.49. The number of aliphatic hydroxyl groups is 1. The van der Waals surface area contributed by atoms with Gasteiger partial charge in [-0.25, -0.2) is 4.98 Å². The number of aromatic amines is 1. The van der Waals surface area contributed by atoms with E-state index in [0.29, 0.717) is 5.52 Å². The standard InChI is InChI=1S/C9H9N3O2/c13-4-2-8(14)9-11-6-1-3-10-5-7(6)12-9/h1,3,5,13H,2,4H2,(H,11,12). The van der Waals surface area contributed by atoms with Crippen LogP contribution in [-0.2, 0) is 0 Å². The molecule has 2 rings (SSSR count). The van der Waals surface area contributed by atoms with Gasteiger partial charge in [0.15, 0.2) is 11.6 Å². The molecule has 0 spiro atoms. The molecule has 0 saturated carbocycles. The van der Waals surface area contributed by atoms with Crippen LogP contribution in [0.25, 0.3) is 11.0 Å². The summed E-state index contributed by atoms with van der Waals surface area (Å²) in [6.07, 6.45) is 3.30. The van der Waals surface area contributed by atoms with E-state index >= 15 is 0 Å². The van der Waals surface area contributed by atoms with Crippen LogP contribution in [0.2, 0.25) is 0 Å². The minimum Gasteiger partial charge on any atom is -0.396 e. The molecule has 0 bridgehead atoms. The van der Waals surface area contributed by atoms with E-state index in [1.165, 1.54) is 0 Å². The molecule has 2 aromatic rings. The van der Waals surface area contributed by atoms with Gasteiger partial charge in [0.2, 0.25) is 0 Å². The molecule has 2 heterocycles. The highest BCUT2D eigenvalue weighted by Gasteiger charge is 2.09. The fraction of sp³-hybridized carbons (Fsp3) is 0.222. The number of hydrogen-bond acceptors (Lipinski definition) is 4. The van der Waals surface area contributed by atoms with Gasteiger partial charge < -0.3 is 10.1 Å². The Morgan fingerprint density at radius 1 is 1.57 bits per heavy atom. The molecule has 0 fully saturated rings.